The summed E-state index contributed by atoms with van der Waals surface area (Å²) in [5.74, 6) is 0. The molecule has 0 radical (unpaired) electrons. The highest BCUT2D eigenvalue weighted by molar-refractivity contribution is 6.13. The number of hydrogen-bond acceptors (Lipinski definition) is 4. The van der Waals surface area contributed by atoms with Gasteiger partial charge in [0.2, 0.25) is 0 Å². The van der Waals surface area contributed by atoms with Crippen molar-refractivity contribution in [3.63, 3.8) is 0 Å². The van der Waals surface area contributed by atoms with E-state index >= 15 is 0 Å². The Balaban J connectivity index is 0.904. The molecule has 0 aliphatic carbocycles. The molecule has 0 N–H and O–H groups in total. The number of rotatable bonds is 4. The van der Waals surface area contributed by atoms with Crippen LogP contribution in [0.25, 0.3) is 110 Å². The number of benzene rings is 7. The lowest BCUT2D eigenvalue weighted by Crippen LogP contribution is -1.90. The van der Waals surface area contributed by atoms with Crippen LogP contribution in [0, 0.1) is 0 Å². The van der Waals surface area contributed by atoms with Crippen molar-refractivity contribution in [3.05, 3.63) is 182 Å². The Bertz CT molecular complexity index is 3220. The molecule has 4 heterocycles. The second-order valence-corrected chi connectivity index (χ2v) is 13.9. The van der Waals surface area contributed by atoms with Crippen LogP contribution in [0.5, 0.6) is 0 Å². The predicted octanol–water partition coefficient (Wildman–Crippen LogP) is 12.9. The smallest absolute Gasteiger partial charge is 0.0970 e. The van der Waals surface area contributed by atoms with Gasteiger partial charge < -0.3 is 0 Å². The minimum Gasteiger partial charge on any atom is -0.254 e. The van der Waals surface area contributed by atoms with E-state index in [9.17, 15) is 0 Å². The van der Waals surface area contributed by atoms with Gasteiger partial charge in [-0.25, -0.2) is 9.97 Å². The summed E-state index contributed by atoms with van der Waals surface area (Å²) < 4.78 is 0. The van der Waals surface area contributed by atoms with E-state index in [0.29, 0.717) is 0 Å². The summed E-state index contributed by atoms with van der Waals surface area (Å²) in [6.45, 7) is 0. The van der Waals surface area contributed by atoms with Crippen LogP contribution in [0.3, 0.4) is 0 Å². The summed E-state index contributed by atoms with van der Waals surface area (Å²) in [7, 11) is 0. The van der Waals surface area contributed by atoms with Gasteiger partial charge in [-0.3, -0.25) is 9.97 Å². The molecule has 0 saturated heterocycles. The van der Waals surface area contributed by atoms with E-state index in [1.165, 1.54) is 27.1 Å². The van der Waals surface area contributed by atoms with Crippen molar-refractivity contribution in [2.75, 3.05) is 0 Å². The van der Waals surface area contributed by atoms with Crippen LogP contribution in [0.4, 0.5) is 0 Å². The number of aromatic nitrogens is 4. The van der Waals surface area contributed by atoms with Gasteiger partial charge >= 0.3 is 0 Å². The van der Waals surface area contributed by atoms with Crippen molar-refractivity contribution in [1.82, 2.24) is 19.9 Å². The number of hydrogen-bond donors (Lipinski definition) is 0. The third-order valence-corrected chi connectivity index (χ3v) is 10.7. The number of nitrogens with zero attached hydrogens (tertiary/aromatic N) is 4. The van der Waals surface area contributed by atoms with Crippen molar-refractivity contribution < 1.29 is 0 Å². The van der Waals surface area contributed by atoms with Crippen molar-refractivity contribution in [3.8, 4) is 44.8 Å². The molecule has 0 saturated carbocycles. The molecule has 7 aromatic carbocycles. The lowest BCUT2D eigenvalue weighted by molar-refractivity contribution is 1.37. The fourth-order valence-electron chi connectivity index (χ4n) is 8.04. The highest BCUT2D eigenvalue weighted by atomic mass is 14.7. The first-order valence-electron chi connectivity index (χ1n) is 18.2. The van der Waals surface area contributed by atoms with Gasteiger partial charge in [0.25, 0.3) is 0 Å². The minimum atomic E-state index is 0.922. The molecule has 0 unspecified atom stereocenters. The SMILES string of the molecule is c1ccc2c(-c3ccc4cc(-c5ccc6nc(-c7ccc(-c8cc9cccnc9c9ncccc89)cc7)ccc6c5)ccc4n3)c3ccccc3cc2c1. The average molecular weight is 687 g/mol. The van der Waals surface area contributed by atoms with Gasteiger partial charge in [0.05, 0.1) is 33.5 Å². The molecule has 0 amide bonds. The molecule has 0 fully saturated rings. The van der Waals surface area contributed by atoms with Gasteiger partial charge in [-0.15, -0.1) is 0 Å². The Hall–Kier alpha value is -7.30. The maximum Gasteiger partial charge on any atom is 0.0970 e. The second kappa shape index (κ2) is 12.1. The number of fused-ring (bicyclic) bond motifs is 7. The largest absolute Gasteiger partial charge is 0.254 e. The Morgan fingerprint density at radius 1 is 0.315 bits per heavy atom. The zero-order valence-electron chi connectivity index (χ0n) is 29.1. The summed E-state index contributed by atoms with van der Waals surface area (Å²) in [6.07, 6.45) is 3.66. The van der Waals surface area contributed by atoms with Crippen LogP contribution in [0.1, 0.15) is 0 Å². The van der Waals surface area contributed by atoms with E-state index in [1.807, 2.05) is 24.5 Å². The Morgan fingerprint density at radius 2 is 0.852 bits per heavy atom. The van der Waals surface area contributed by atoms with E-state index in [0.717, 1.165) is 82.8 Å². The highest BCUT2D eigenvalue weighted by Crippen LogP contribution is 2.38. The Labute approximate surface area is 311 Å². The normalized spacial score (nSPS) is 11.7. The van der Waals surface area contributed by atoms with Crippen molar-refractivity contribution in [1.29, 1.82) is 0 Å². The molecule has 0 aliphatic heterocycles. The molecule has 0 bridgehead atoms. The standard InChI is InChI=1S/C50H30N4/c1-3-10-40-35(7-1)29-36-8-2-4-11-41(36)48(40)47-24-20-38-28-34(18-22-46(38)54-47)33-17-21-45-37(27-33)19-23-44(53-45)32-15-13-31(14-16-32)43-30-39-9-5-25-51-49(39)50-42(43)12-6-26-52-50/h1-30H. The summed E-state index contributed by atoms with van der Waals surface area (Å²) in [4.78, 5) is 19.6. The molecule has 4 aromatic heterocycles. The van der Waals surface area contributed by atoms with Crippen molar-refractivity contribution >= 4 is 65.2 Å². The van der Waals surface area contributed by atoms with E-state index in [4.69, 9.17) is 9.97 Å². The topological polar surface area (TPSA) is 51.6 Å². The first kappa shape index (κ1) is 30.3. The van der Waals surface area contributed by atoms with E-state index in [1.54, 1.807) is 0 Å². The van der Waals surface area contributed by atoms with Crippen LogP contribution in [0.2, 0.25) is 0 Å². The minimum absolute atomic E-state index is 0.922. The van der Waals surface area contributed by atoms with Crippen molar-refractivity contribution in [2.24, 2.45) is 0 Å². The third kappa shape index (κ3) is 5.00. The summed E-state index contributed by atoms with van der Waals surface area (Å²) in [6, 6.07) is 60.2. The van der Waals surface area contributed by atoms with Gasteiger partial charge in [0.1, 0.15) is 0 Å². The van der Waals surface area contributed by atoms with Crippen LogP contribution in [0.15, 0.2) is 182 Å². The summed E-state index contributed by atoms with van der Waals surface area (Å²) in [5.41, 5.74) is 12.6. The first-order valence-corrected chi connectivity index (χ1v) is 18.2. The first-order chi connectivity index (χ1) is 26.7. The van der Waals surface area contributed by atoms with Gasteiger partial charge in [-0.1, -0.05) is 109 Å². The van der Waals surface area contributed by atoms with Gasteiger partial charge in [-0.2, -0.15) is 0 Å². The highest BCUT2D eigenvalue weighted by Gasteiger charge is 2.14. The molecule has 11 rings (SSSR count). The van der Waals surface area contributed by atoms with Crippen LogP contribution < -0.4 is 0 Å². The van der Waals surface area contributed by atoms with Crippen LogP contribution in [-0.4, -0.2) is 19.9 Å². The number of pyridine rings is 4. The maximum absolute atomic E-state index is 5.20. The molecule has 4 nitrogen and oxygen atoms in total. The summed E-state index contributed by atoms with van der Waals surface area (Å²) in [5, 5.41) is 9.28. The molecule has 0 spiro atoms. The lowest BCUT2D eigenvalue weighted by atomic mass is 9.94. The molecular formula is C50H30N4. The van der Waals surface area contributed by atoms with Gasteiger partial charge in [-0.05, 0) is 104 Å². The third-order valence-electron chi connectivity index (χ3n) is 10.7. The zero-order valence-corrected chi connectivity index (χ0v) is 29.1. The monoisotopic (exact) mass is 686 g/mol. The van der Waals surface area contributed by atoms with Crippen LogP contribution >= 0.6 is 0 Å². The zero-order chi connectivity index (χ0) is 35.6. The summed E-state index contributed by atoms with van der Waals surface area (Å²) >= 11 is 0. The molecule has 54 heavy (non-hydrogen) atoms. The van der Waals surface area contributed by atoms with Crippen LogP contribution in [-0.2, 0) is 0 Å². The molecule has 250 valence electrons. The molecule has 0 aliphatic rings. The quantitative estimate of drug-likeness (QED) is 0.137. The fourth-order valence-corrected chi connectivity index (χ4v) is 8.04. The molecule has 0 atom stereocenters. The van der Waals surface area contributed by atoms with E-state index in [-0.39, 0.29) is 0 Å². The van der Waals surface area contributed by atoms with Gasteiger partial charge in [0, 0.05) is 45.1 Å². The maximum atomic E-state index is 5.20. The molecule has 11 aromatic rings. The van der Waals surface area contributed by atoms with Gasteiger partial charge in [0.15, 0.2) is 0 Å². The van der Waals surface area contributed by atoms with Crippen molar-refractivity contribution in [2.45, 2.75) is 0 Å². The second-order valence-electron chi connectivity index (χ2n) is 13.9. The molecule has 4 heteroatoms. The fraction of sp³-hybridized carbons (Fsp3) is 0. The average Bonchev–Trinajstić information content (AvgIpc) is 3.24. The Morgan fingerprint density at radius 3 is 1.56 bits per heavy atom. The molecular weight excluding hydrogens is 657 g/mol. The van der Waals surface area contributed by atoms with E-state index in [2.05, 4.69) is 168 Å². The predicted molar refractivity (Wildman–Crippen MR) is 224 cm³/mol. The van der Waals surface area contributed by atoms with E-state index < -0.39 is 0 Å². The lowest BCUT2D eigenvalue weighted by Gasteiger charge is -2.12. The Kier molecular flexibility index (Phi) is 6.82.